The average Bonchev–Trinajstić information content (AvgIpc) is 2.38. The molecule has 0 bridgehead atoms. The predicted octanol–water partition coefficient (Wildman–Crippen LogP) is 4.45. The van der Waals surface area contributed by atoms with Crippen molar-refractivity contribution >= 4 is 19.9 Å². The first-order chi connectivity index (χ1) is 8.17. The predicted molar refractivity (Wildman–Crippen MR) is 76.0 cm³/mol. The number of rotatable bonds is 3. The molecule has 1 aliphatic heterocycles. The van der Waals surface area contributed by atoms with Crippen LogP contribution in [0.1, 0.15) is 36.4 Å². The van der Waals surface area contributed by atoms with Crippen molar-refractivity contribution in [2.24, 2.45) is 0 Å². The van der Waals surface area contributed by atoms with Crippen LogP contribution >= 0.6 is 11.6 Å². The topological polar surface area (TPSA) is 9.23 Å². The Bertz CT molecular complexity index is 374. The Morgan fingerprint density at radius 3 is 2.76 bits per heavy atom. The van der Waals surface area contributed by atoms with Gasteiger partial charge in [0.15, 0.2) is 8.32 Å². The number of alkyl halides is 1. The Morgan fingerprint density at radius 1 is 1.35 bits per heavy atom. The highest BCUT2D eigenvalue weighted by Crippen LogP contribution is 2.36. The van der Waals surface area contributed by atoms with E-state index in [0.29, 0.717) is 11.4 Å². The van der Waals surface area contributed by atoms with Crippen LogP contribution in [0.15, 0.2) is 24.3 Å². The molecule has 0 amide bonds. The first kappa shape index (κ1) is 13.1. The van der Waals surface area contributed by atoms with E-state index in [1.165, 1.54) is 30.0 Å². The van der Waals surface area contributed by atoms with Crippen molar-refractivity contribution in [3.8, 4) is 0 Å². The van der Waals surface area contributed by atoms with Crippen LogP contribution in [0, 0.1) is 0 Å². The van der Waals surface area contributed by atoms with E-state index in [0.717, 1.165) is 6.61 Å². The van der Waals surface area contributed by atoms with Gasteiger partial charge >= 0.3 is 0 Å². The highest BCUT2D eigenvalue weighted by Gasteiger charge is 2.38. The summed E-state index contributed by atoms with van der Waals surface area (Å²) in [6, 6.07) is 9.82. The molecule has 1 fully saturated rings. The molecule has 17 heavy (non-hydrogen) atoms. The lowest BCUT2D eigenvalue weighted by Gasteiger charge is -2.37. The molecule has 2 rings (SSSR count). The lowest BCUT2D eigenvalue weighted by molar-refractivity contribution is 0.264. The Hall–Kier alpha value is -0.313. The minimum atomic E-state index is -1.59. The molecule has 1 aromatic carbocycles. The van der Waals surface area contributed by atoms with Gasteiger partial charge < -0.3 is 4.43 Å². The molecular weight excluding hydrogens is 248 g/mol. The zero-order valence-corrected chi connectivity index (χ0v) is 12.5. The number of hydrogen-bond acceptors (Lipinski definition) is 1. The van der Waals surface area contributed by atoms with Crippen LogP contribution in [-0.2, 0) is 10.3 Å². The number of hydrogen-bond donors (Lipinski definition) is 0. The third-order valence-electron chi connectivity index (χ3n) is 4.08. The standard InChI is InChI=1S/C14H21ClOSi/c1-12(17(2)10-6-5-9-16-17)14-8-4-3-7-13(14)11-15/h3-4,7-8,12H,5-6,9-11H2,1-2H3. The fourth-order valence-electron chi connectivity index (χ4n) is 2.70. The van der Waals surface area contributed by atoms with Gasteiger partial charge in [-0.3, -0.25) is 0 Å². The maximum Gasteiger partial charge on any atom is 0.196 e. The zero-order valence-electron chi connectivity index (χ0n) is 10.7. The van der Waals surface area contributed by atoms with Crippen molar-refractivity contribution in [2.45, 2.75) is 43.8 Å². The van der Waals surface area contributed by atoms with Gasteiger partial charge in [0.25, 0.3) is 0 Å². The van der Waals surface area contributed by atoms with E-state index >= 15 is 0 Å². The normalized spacial score (nSPS) is 26.8. The van der Waals surface area contributed by atoms with Crippen LogP contribution < -0.4 is 0 Å². The van der Waals surface area contributed by atoms with Gasteiger partial charge in [0.2, 0.25) is 0 Å². The number of halogens is 1. The first-order valence-corrected chi connectivity index (χ1v) is 9.68. The molecule has 0 N–H and O–H groups in total. The third kappa shape index (κ3) is 2.75. The van der Waals surface area contributed by atoms with Gasteiger partial charge in [0.1, 0.15) is 0 Å². The summed E-state index contributed by atoms with van der Waals surface area (Å²) in [4.78, 5) is 0. The molecule has 2 atom stereocenters. The molecule has 1 aliphatic rings. The van der Waals surface area contributed by atoms with E-state index in [2.05, 4.69) is 37.7 Å². The molecule has 0 saturated carbocycles. The quantitative estimate of drug-likeness (QED) is 0.581. The zero-order chi connectivity index (χ0) is 12.3. The third-order valence-corrected chi connectivity index (χ3v) is 8.72. The summed E-state index contributed by atoms with van der Waals surface area (Å²) in [6.45, 7) is 5.65. The van der Waals surface area contributed by atoms with E-state index in [-0.39, 0.29) is 0 Å². The van der Waals surface area contributed by atoms with Crippen LogP contribution in [-0.4, -0.2) is 14.9 Å². The van der Waals surface area contributed by atoms with Crippen LogP contribution in [0.4, 0.5) is 0 Å². The molecule has 1 saturated heterocycles. The van der Waals surface area contributed by atoms with Crippen molar-refractivity contribution in [1.82, 2.24) is 0 Å². The molecule has 1 nitrogen and oxygen atoms in total. The Kier molecular flexibility index (Phi) is 4.29. The monoisotopic (exact) mass is 268 g/mol. The highest BCUT2D eigenvalue weighted by molar-refractivity contribution is 6.74. The average molecular weight is 269 g/mol. The van der Waals surface area contributed by atoms with E-state index in [1.807, 2.05) is 0 Å². The summed E-state index contributed by atoms with van der Waals surface area (Å²) in [5, 5.41) is 0. The van der Waals surface area contributed by atoms with Gasteiger partial charge in [-0.05, 0) is 30.1 Å². The van der Waals surface area contributed by atoms with Crippen LogP contribution in [0.5, 0.6) is 0 Å². The highest BCUT2D eigenvalue weighted by atomic mass is 35.5. The van der Waals surface area contributed by atoms with E-state index < -0.39 is 8.32 Å². The molecule has 2 unspecified atom stereocenters. The second kappa shape index (κ2) is 5.55. The summed E-state index contributed by atoms with van der Waals surface area (Å²) >= 11 is 6.04. The largest absolute Gasteiger partial charge is 0.416 e. The number of benzene rings is 1. The van der Waals surface area contributed by atoms with Crippen LogP contribution in [0.25, 0.3) is 0 Å². The summed E-state index contributed by atoms with van der Waals surface area (Å²) in [6.07, 6.45) is 2.56. The van der Waals surface area contributed by atoms with Crippen molar-refractivity contribution in [1.29, 1.82) is 0 Å². The van der Waals surface area contributed by atoms with E-state index in [1.54, 1.807) is 0 Å². The summed E-state index contributed by atoms with van der Waals surface area (Å²) in [5.74, 6) is 0.602. The second-order valence-electron chi connectivity index (χ2n) is 5.17. The summed E-state index contributed by atoms with van der Waals surface area (Å²) < 4.78 is 6.18. The fourth-order valence-corrected chi connectivity index (χ4v) is 6.28. The SMILES string of the molecule is CC(c1ccccc1CCl)[Si]1(C)CCCCO1. The minimum Gasteiger partial charge on any atom is -0.416 e. The molecule has 0 spiro atoms. The fraction of sp³-hybridized carbons (Fsp3) is 0.571. The Morgan fingerprint density at radius 2 is 2.12 bits per heavy atom. The van der Waals surface area contributed by atoms with Crippen molar-refractivity contribution in [3.63, 3.8) is 0 Å². The van der Waals surface area contributed by atoms with Gasteiger partial charge in [0.05, 0.1) is 0 Å². The maximum absolute atomic E-state index is 6.18. The van der Waals surface area contributed by atoms with Gasteiger partial charge in [-0.15, -0.1) is 11.6 Å². The van der Waals surface area contributed by atoms with Crippen LogP contribution in [0.3, 0.4) is 0 Å². The van der Waals surface area contributed by atoms with Crippen molar-refractivity contribution in [2.75, 3.05) is 6.61 Å². The molecule has 94 valence electrons. The van der Waals surface area contributed by atoms with E-state index in [9.17, 15) is 0 Å². The molecule has 0 aliphatic carbocycles. The summed E-state index contributed by atoms with van der Waals surface area (Å²) in [5.41, 5.74) is 3.21. The lowest BCUT2D eigenvalue weighted by Crippen LogP contribution is -2.43. The second-order valence-corrected chi connectivity index (χ2v) is 9.72. The molecule has 1 heterocycles. The molecular formula is C14H21ClOSi. The van der Waals surface area contributed by atoms with Crippen LogP contribution in [0.2, 0.25) is 12.6 Å². The molecule has 0 radical (unpaired) electrons. The molecule has 1 aromatic rings. The Labute approximate surface area is 110 Å². The van der Waals surface area contributed by atoms with Crippen molar-refractivity contribution in [3.05, 3.63) is 35.4 Å². The maximum atomic E-state index is 6.18. The smallest absolute Gasteiger partial charge is 0.196 e. The van der Waals surface area contributed by atoms with Gasteiger partial charge in [-0.1, -0.05) is 37.6 Å². The summed E-state index contributed by atoms with van der Waals surface area (Å²) in [7, 11) is -1.59. The first-order valence-electron chi connectivity index (χ1n) is 6.45. The minimum absolute atomic E-state index is 0.540. The lowest BCUT2D eigenvalue weighted by atomic mass is 10.1. The van der Waals surface area contributed by atoms with Gasteiger partial charge in [-0.25, -0.2) is 0 Å². The van der Waals surface area contributed by atoms with Gasteiger partial charge in [0, 0.05) is 18.0 Å². The van der Waals surface area contributed by atoms with Gasteiger partial charge in [-0.2, -0.15) is 0 Å². The Balaban J connectivity index is 2.26. The molecule has 3 heteroatoms. The van der Waals surface area contributed by atoms with E-state index in [4.69, 9.17) is 16.0 Å². The van der Waals surface area contributed by atoms with Crippen molar-refractivity contribution < 1.29 is 4.43 Å². The molecule has 0 aromatic heterocycles.